The Bertz CT molecular complexity index is 1120. The summed E-state index contributed by atoms with van der Waals surface area (Å²) in [5.74, 6) is -0.894. The molecule has 0 spiro atoms. The fourth-order valence-corrected chi connectivity index (χ4v) is 7.86. The molecule has 64 heavy (non-hydrogen) atoms. The number of hydrogen-bond donors (Lipinski definition) is 0. The second kappa shape index (κ2) is 53.0. The Morgan fingerprint density at radius 2 is 0.562 bits per heavy atom. The molecule has 0 heterocycles. The van der Waals surface area contributed by atoms with Gasteiger partial charge in [-0.1, -0.05) is 230 Å². The molecule has 0 fully saturated rings. The van der Waals surface area contributed by atoms with Crippen molar-refractivity contribution < 1.29 is 28.6 Å². The van der Waals surface area contributed by atoms with E-state index in [0.29, 0.717) is 19.3 Å². The molecule has 0 aromatic rings. The van der Waals surface area contributed by atoms with Gasteiger partial charge in [0.15, 0.2) is 6.10 Å². The summed E-state index contributed by atoms with van der Waals surface area (Å²) in [7, 11) is 0. The van der Waals surface area contributed by atoms with Crippen LogP contribution in [0.1, 0.15) is 284 Å². The Hall–Kier alpha value is -2.63. The van der Waals surface area contributed by atoms with Crippen LogP contribution in [0.3, 0.4) is 0 Å². The molecule has 0 aromatic carbocycles. The lowest BCUT2D eigenvalue weighted by Gasteiger charge is -2.18. The highest BCUT2D eigenvalue weighted by atomic mass is 16.6. The Labute approximate surface area is 397 Å². The van der Waals surface area contributed by atoms with Gasteiger partial charge in [0.05, 0.1) is 0 Å². The van der Waals surface area contributed by atoms with Gasteiger partial charge in [-0.3, -0.25) is 14.4 Å². The van der Waals surface area contributed by atoms with Crippen LogP contribution in [0.25, 0.3) is 0 Å². The smallest absolute Gasteiger partial charge is 0.306 e. The van der Waals surface area contributed by atoms with E-state index in [1.807, 2.05) is 0 Å². The number of carbonyl (C=O) groups is 3. The molecule has 0 saturated heterocycles. The van der Waals surface area contributed by atoms with Crippen molar-refractivity contribution in [2.75, 3.05) is 13.2 Å². The zero-order valence-electron chi connectivity index (χ0n) is 42.6. The molecule has 0 aliphatic carbocycles. The normalized spacial score (nSPS) is 12.4. The second-order valence-electron chi connectivity index (χ2n) is 18.5. The first-order valence-electron chi connectivity index (χ1n) is 27.6. The maximum Gasteiger partial charge on any atom is 0.306 e. The van der Waals surface area contributed by atoms with Crippen molar-refractivity contribution in [1.82, 2.24) is 0 Å². The summed E-state index contributed by atoms with van der Waals surface area (Å²) in [6.07, 6.45) is 64.1. The molecule has 0 amide bonds. The minimum Gasteiger partial charge on any atom is -0.462 e. The summed E-state index contributed by atoms with van der Waals surface area (Å²) >= 11 is 0. The molecule has 6 heteroatoms. The number of rotatable bonds is 50. The van der Waals surface area contributed by atoms with Gasteiger partial charge in [0.1, 0.15) is 13.2 Å². The van der Waals surface area contributed by atoms with E-state index in [0.717, 1.165) is 83.5 Å². The highest BCUT2D eigenvalue weighted by Crippen LogP contribution is 2.15. The quantitative estimate of drug-likeness (QED) is 0.0262. The van der Waals surface area contributed by atoms with Crippen molar-refractivity contribution in [3.8, 4) is 0 Å². The SMILES string of the molecule is CCCCC/C=C\C/C=C\C/C=C\CCCCCCCCC(=O)OC(COC(=O)CCCCCCCC)COC(=O)CCCCCCCCCCC/C=C\CCCCCCCCCC. The predicted octanol–water partition coefficient (Wildman–Crippen LogP) is 18.3. The Balaban J connectivity index is 4.18. The molecule has 0 bridgehead atoms. The van der Waals surface area contributed by atoms with Crippen LogP contribution in [0, 0.1) is 0 Å². The predicted molar refractivity (Wildman–Crippen MR) is 275 cm³/mol. The van der Waals surface area contributed by atoms with E-state index in [-0.39, 0.29) is 31.1 Å². The molecular formula is C58H104O6. The van der Waals surface area contributed by atoms with Gasteiger partial charge >= 0.3 is 17.9 Å². The highest BCUT2D eigenvalue weighted by molar-refractivity contribution is 5.71. The molecule has 0 rings (SSSR count). The van der Waals surface area contributed by atoms with Crippen molar-refractivity contribution in [2.45, 2.75) is 290 Å². The third-order valence-corrected chi connectivity index (χ3v) is 12.1. The Morgan fingerprint density at radius 3 is 0.922 bits per heavy atom. The number of esters is 3. The number of carbonyl (C=O) groups excluding carboxylic acids is 3. The van der Waals surface area contributed by atoms with E-state index in [4.69, 9.17) is 14.2 Å². The summed E-state index contributed by atoms with van der Waals surface area (Å²) in [5.41, 5.74) is 0. The van der Waals surface area contributed by atoms with Gasteiger partial charge in [-0.25, -0.2) is 0 Å². The first kappa shape index (κ1) is 61.4. The van der Waals surface area contributed by atoms with Crippen LogP contribution in [-0.2, 0) is 28.6 Å². The molecule has 0 aromatic heterocycles. The largest absolute Gasteiger partial charge is 0.462 e. The highest BCUT2D eigenvalue weighted by Gasteiger charge is 2.19. The zero-order chi connectivity index (χ0) is 46.5. The number of ether oxygens (including phenoxy) is 3. The molecule has 0 N–H and O–H groups in total. The molecule has 1 unspecified atom stereocenters. The summed E-state index contributed by atoms with van der Waals surface area (Å²) < 4.78 is 16.7. The first-order chi connectivity index (χ1) is 31.5. The minimum atomic E-state index is -0.776. The zero-order valence-corrected chi connectivity index (χ0v) is 42.6. The lowest BCUT2D eigenvalue weighted by atomic mass is 10.1. The van der Waals surface area contributed by atoms with Crippen LogP contribution in [-0.4, -0.2) is 37.2 Å². The summed E-state index contributed by atoms with van der Waals surface area (Å²) in [6.45, 7) is 6.56. The van der Waals surface area contributed by atoms with Crippen LogP contribution < -0.4 is 0 Å². The van der Waals surface area contributed by atoms with E-state index in [1.165, 1.54) is 161 Å². The summed E-state index contributed by atoms with van der Waals surface area (Å²) in [4.78, 5) is 37.8. The molecule has 0 radical (unpaired) electrons. The topological polar surface area (TPSA) is 78.9 Å². The van der Waals surface area contributed by atoms with Crippen LogP contribution in [0.15, 0.2) is 48.6 Å². The number of hydrogen-bond acceptors (Lipinski definition) is 6. The number of allylic oxidation sites excluding steroid dienone is 8. The van der Waals surface area contributed by atoms with E-state index in [2.05, 4.69) is 69.4 Å². The van der Waals surface area contributed by atoms with Crippen molar-refractivity contribution in [3.05, 3.63) is 48.6 Å². The maximum absolute atomic E-state index is 12.8. The molecule has 6 nitrogen and oxygen atoms in total. The fraction of sp³-hybridized carbons (Fsp3) is 0.810. The van der Waals surface area contributed by atoms with Crippen molar-refractivity contribution in [1.29, 1.82) is 0 Å². The van der Waals surface area contributed by atoms with Crippen molar-refractivity contribution >= 4 is 17.9 Å². The maximum atomic E-state index is 12.8. The fourth-order valence-electron chi connectivity index (χ4n) is 7.86. The summed E-state index contributed by atoms with van der Waals surface area (Å²) in [5, 5.41) is 0. The average molecular weight is 897 g/mol. The van der Waals surface area contributed by atoms with E-state index < -0.39 is 6.10 Å². The third-order valence-electron chi connectivity index (χ3n) is 12.1. The molecule has 372 valence electrons. The molecular weight excluding hydrogens is 793 g/mol. The van der Waals surface area contributed by atoms with E-state index in [1.54, 1.807) is 0 Å². The third kappa shape index (κ3) is 50.4. The molecule has 0 aliphatic rings. The van der Waals surface area contributed by atoms with Gasteiger partial charge in [-0.05, 0) is 83.5 Å². The van der Waals surface area contributed by atoms with Crippen LogP contribution >= 0.6 is 0 Å². The van der Waals surface area contributed by atoms with Crippen molar-refractivity contribution in [3.63, 3.8) is 0 Å². The van der Waals surface area contributed by atoms with Gasteiger partial charge in [0.2, 0.25) is 0 Å². The molecule has 1 atom stereocenters. The van der Waals surface area contributed by atoms with E-state index in [9.17, 15) is 14.4 Å². The Kier molecular flexibility index (Phi) is 50.8. The lowest BCUT2D eigenvalue weighted by molar-refractivity contribution is -0.167. The monoisotopic (exact) mass is 897 g/mol. The molecule has 0 aliphatic heterocycles. The van der Waals surface area contributed by atoms with Gasteiger partial charge in [0, 0.05) is 19.3 Å². The summed E-state index contributed by atoms with van der Waals surface area (Å²) in [6, 6.07) is 0. The second-order valence-corrected chi connectivity index (χ2v) is 18.5. The van der Waals surface area contributed by atoms with Crippen molar-refractivity contribution in [2.24, 2.45) is 0 Å². The lowest BCUT2D eigenvalue weighted by Crippen LogP contribution is -2.30. The van der Waals surface area contributed by atoms with Crippen LogP contribution in [0.5, 0.6) is 0 Å². The van der Waals surface area contributed by atoms with Gasteiger partial charge in [-0.15, -0.1) is 0 Å². The molecule has 0 saturated carbocycles. The first-order valence-corrected chi connectivity index (χ1v) is 27.6. The van der Waals surface area contributed by atoms with Crippen LogP contribution in [0.2, 0.25) is 0 Å². The number of unbranched alkanes of at least 4 members (excludes halogenated alkanes) is 31. The van der Waals surface area contributed by atoms with Gasteiger partial charge in [-0.2, -0.15) is 0 Å². The van der Waals surface area contributed by atoms with E-state index >= 15 is 0 Å². The van der Waals surface area contributed by atoms with Crippen LogP contribution in [0.4, 0.5) is 0 Å². The average Bonchev–Trinajstić information content (AvgIpc) is 3.29. The Morgan fingerprint density at radius 1 is 0.312 bits per heavy atom. The van der Waals surface area contributed by atoms with Gasteiger partial charge < -0.3 is 14.2 Å². The minimum absolute atomic E-state index is 0.0782. The van der Waals surface area contributed by atoms with Gasteiger partial charge in [0.25, 0.3) is 0 Å². The standard InChI is InChI=1S/C58H104O6/c1-4-7-10-13-16-18-20-22-24-26-28-29-31-32-34-36-38-40-42-45-48-51-57(60)63-54-55(53-62-56(59)50-47-44-15-12-9-6-3)64-58(61)52-49-46-43-41-39-37-35-33-30-27-25-23-21-19-17-14-11-8-5-2/h17,19,23,25-26,28,30,33,55H,4-16,18,20-22,24,27,29,31-32,34-54H2,1-3H3/b19-17-,25-23-,28-26-,33-30-.